The first-order valence-corrected chi connectivity index (χ1v) is 12.4. The minimum absolute atomic E-state index is 0.0837. The van der Waals surface area contributed by atoms with Gasteiger partial charge in [-0.05, 0) is 40.8 Å². The lowest BCUT2D eigenvalue weighted by atomic mass is 9.84. The minimum atomic E-state index is -3.49. The van der Waals surface area contributed by atoms with Gasteiger partial charge in [0.2, 0.25) is 10.0 Å². The van der Waals surface area contributed by atoms with Gasteiger partial charge in [-0.3, -0.25) is 14.5 Å². The third-order valence-corrected chi connectivity index (χ3v) is 7.10. The van der Waals surface area contributed by atoms with Crippen LogP contribution in [0.3, 0.4) is 0 Å². The molecule has 0 aromatic heterocycles. The molecule has 0 aliphatic carbocycles. The van der Waals surface area contributed by atoms with Gasteiger partial charge in [0.25, 0.3) is 0 Å². The van der Waals surface area contributed by atoms with E-state index in [9.17, 15) is 17.6 Å². The Hall–Kier alpha value is -3.14. The molecule has 34 heavy (non-hydrogen) atoms. The Labute approximate surface area is 199 Å². The quantitative estimate of drug-likeness (QED) is 0.595. The van der Waals surface area contributed by atoms with Crippen LogP contribution in [0, 0.1) is 11.2 Å². The van der Waals surface area contributed by atoms with E-state index in [0.717, 1.165) is 6.26 Å². The molecule has 0 bridgehead atoms. The summed E-state index contributed by atoms with van der Waals surface area (Å²) in [5, 5.41) is 8.45. The molecule has 0 saturated heterocycles. The number of halogens is 1. The van der Waals surface area contributed by atoms with Gasteiger partial charge in [0, 0.05) is 19.2 Å². The van der Waals surface area contributed by atoms with Crippen LogP contribution in [0.15, 0.2) is 24.3 Å². The molecule has 0 fully saturated rings. The minimum Gasteiger partial charge on any atom is -0.493 e. The van der Waals surface area contributed by atoms with Crippen LogP contribution < -0.4 is 13.8 Å². The van der Waals surface area contributed by atoms with Crippen molar-refractivity contribution in [2.75, 3.05) is 38.4 Å². The number of carbonyl (C=O) groups excluding carboxylic acids is 1. The normalized spacial score (nSPS) is 13.6. The molecule has 1 N–H and O–H groups in total. The molecule has 0 atom stereocenters. The van der Waals surface area contributed by atoms with E-state index < -0.39 is 21.3 Å². The van der Waals surface area contributed by atoms with E-state index >= 15 is 0 Å². The van der Waals surface area contributed by atoms with Crippen molar-refractivity contribution in [3.63, 3.8) is 0 Å². The number of rotatable bonds is 7. The number of hydrogen-bond acceptors (Lipinski definition) is 6. The highest BCUT2D eigenvalue weighted by atomic mass is 32.2. The van der Waals surface area contributed by atoms with E-state index in [-0.39, 0.29) is 41.8 Å². The topological polar surface area (TPSA) is 100 Å². The zero-order valence-corrected chi connectivity index (χ0v) is 21.3. The monoisotopic (exact) mass is 491 g/mol. The summed E-state index contributed by atoms with van der Waals surface area (Å²) in [6, 6.07) is 6.50. The van der Waals surface area contributed by atoms with Crippen LogP contribution in [0.4, 0.5) is 10.1 Å². The van der Waals surface area contributed by atoms with Crippen molar-refractivity contribution in [2.45, 2.75) is 32.7 Å². The van der Waals surface area contributed by atoms with Gasteiger partial charge < -0.3 is 14.4 Å². The number of methoxy groups -OCH3 is 2. The molecule has 0 radical (unpaired) electrons. The Morgan fingerprint density at radius 1 is 1.21 bits per heavy atom. The smallest absolute Gasteiger partial charge is 0.232 e. The zero-order chi connectivity index (χ0) is 25.6. The predicted octanol–water partition coefficient (Wildman–Crippen LogP) is 3.56. The third-order valence-electron chi connectivity index (χ3n) is 5.91. The Kier molecular flexibility index (Phi) is 6.67. The Morgan fingerprint density at radius 3 is 2.38 bits per heavy atom. The number of benzene rings is 2. The molecule has 1 heterocycles. The summed E-state index contributed by atoms with van der Waals surface area (Å²) < 4.78 is 50.7. The fourth-order valence-electron chi connectivity index (χ4n) is 3.99. The number of carbonyl (C=O) groups is 1. The summed E-state index contributed by atoms with van der Waals surface area (Å²) in [4.78, 5) is 14.7. The Bertz CT molecular complexity index is 1270. The fourth-order valence-corrected chi connectivity index (χ4v) is 4.50. The van der Waals surface area contributed by atoms with E-state index in [4.69, 9.17) is 14.9 Å². The van der Waals surface area contributed by atoms with Crippen molar-refractivity contribution in [1.29, 1.82) is 5.41 Å². The zero-order valence-electron chi connectivity index (χ0n) is 20.4. The average molecular weight is 492 g/mol. The van der Waals surface area contributed by atoms with Crippen molar-refractivity contribution in [3.05, 3.63) is 52.3 Å². The lowest BCUT2D eigenvalue weighted by Crippen LogP contribution is -2.31. The van der Waals surface area contributed by atoms with Crippen molar-refractivity contribution in [2.24, 2.45) is 0 Å². The maximum absolute atomic E-state index is 15.0. The number of ether oxygens (including phenoxy) is 2. The largest absolute Gasteiger partial charge is 0.493 e. The van der Waals surface area contributed by atoms with Crippen molar-refractivity contribution in [1.82, 2.24) is 4.90 Å². The highest BCUT2D eigenvalue weighted by molar-refractivity contribution is 7.92. The fraction of sp³-hybridized carbons (Fsp3) is 0.417. The highest BCUT2D eigenvalue weighted by Crippen LogP contribution is 2.39. The number of hydrogen-bond donors (Lipinski definition) is 1. The first-order chi connectivity index (χ1) is 15.7. The van der Waals surface area contributed by atoms with Crippen LogP contribution in [-0.4, -0.2) is 59.0 Å². The summed E-state index contributed by atoms with van der Waals surface area (Å²) in [7, 11) is 0.716. The van der Waals surface area contributed by atoms with Gasteiger partial charge in [0.1, 0.15) is 5.84 Å². The number of nitrogens with zero attached hydrogens (tertiary/aromatic N) is 2. The number of nitrogens with one attached hydrogen (secondary N) is 1. The second-order valence-corrected chi connectivity index (χ2v) is 11.3. The van der Waals surface area contributed by atoms with Gasteiger partial charge >= 0.3 is 0 Å². The summed E-state index contributed by atoms with van der Waals surface area (Å²) >= 11 is 0. The molecule has 0 amide bonds. The van der Waals surface area contributed by atoms with E-state index in [1.54, 1.807) is 24.3 Å². The first kappa shape index (κ1) is 25.5. The average Bonchev–Trinajstić information content (AvgIpc) is 3.06. The molecule has 2 aromatic carbocycles. The SMILES string of the molecule is COc1cc2c(c(F)c1OC)C(=N)N(CC(=O)c1ccc(N(C)S(C)(=O)=O)c(C(C)(C)C)c1)C2. The summed E-state index contributed by atoms with van der Waals surface area (Å²) in [5.41, 5.74) is 1.77. The molecule has 0 unspecified atom stereocenters. The second kappa shape index (κ2) is 8.90. The van der Waals surface area contributed by atoms with Crippen LogP contribution in [-0.2, 0) is 22.0 Å². The molecule has 8 nitrogen and oxygen atoms in total. The van der Waals surface area contributed by atoms with Gasteiger partial charge in [-0.2, -0.15) is 0 Å². The van der Waals surface area contributed by atoms with Gasteiger partial charge in [0.15, 0.2) is 23.1 Å². The summed E-state index contributed by atoms with van der Waals surface area (Å²) in [6.07, 6.45) is 1.12. The number of sulfonamides is 1. The molecular formula is C24H30FN3O5S. The van der Waals surface area contributed by atoms with Crippen LogP contribution in [0.1, 0.15) is 47.8 Å². The van der Waals surface area contributed by atoms with Crippen LogP contribution in [0.2, 0.25) is 0 Å². The molecule has 1 aliphatic rings. The van der Waals surface area contributed by atoms with Crippen LogP contribution in [0.5, 0.6) is 11.5 Å². The van der Waals surface area contributed by atoms with Gasteiger partial charge in [-0.15, -0.1) is 0 Å². The molecule has 2 aromatic rings. The molecule has 184 valence electrons. The van der Waals surface area contributed by atoms with Gasteiger partial charge in [0.05, 0.1) is 38.3 Å². The predicted molar refractivity (Wildman–Crippen MR) is 129 cm³/mol. The molecular weight excluding hydrogens is 461 g/mol. The number of ketones is 1. The lowest BCUT2D eigenvalue weighted by Gasteiger charge is -2.28. The van der Waals surface area contributed by atoms with Crippen molar-refractivity contribution < 1.29 is 27.1 Å². The molecule has 0 saturated carbocycles. The molecule has 0 spiro atoms. The lowest BCUT2D eigenvalue weighted by molar-refractivity contribution is 0.0962. The number of fused-ring (bicyclic) bond motifs is 1. The van der Waals surface area contributed by atoms with Gasteiger partial charge in [-0.1, -0.05) is 20.8 Å². The van der Waals surface area contributed by atoms with E-state index in [2.05, 4.69) is 0 Å². The maximum atomic E-state index is 15.0. The second-order valence-electron chi connectivity index (χ2n) is 9.30. The molecule has 10 heteroatoms. The number of anilines is 1. The molecule has 3 rings (SSSR count). The number of Topliss-reactive ketones (excluding diaryl/α,β-unsaturated/α-hetero) is 1. The van der Waals surface area contributed by atoms with Crippen molar-refractivity contribution in [3.8, 4) is 11.5 Å². The van der Waals surface area contributed by atoms with E-state index in [1.807, 2.05) is 20.8 Å². The summed E-state index contributed by atoms with van der Waals surface area (Å²) in [5.74, 6) is -0.929. The highest BCUT2D eigenvalue weighted by Gasteiger charge is 2.33. The van der Waals surface area contributed by atoms with Crippen LogP contribution >= 0.6 is 0 Å². The van der Waals surface area contributed by atoms with Crippen LogP contribution in [0.25, 0.3) is 0 Å². The first-order valence-electron chi connectivity index (χ1n) is 10.6. The van der Waals surface area contributed by atoms with E-state index in [0.29, 0.717) is 22.4 Å². The molecule has 1 aliphatic heterocycles. The van der Waals surface area contributed by atoms with Crippen molar-refractivity contribution >= 4 is 27.3 Å². The summed E-state index contributed by atoms with van der Waals surface area (Å²) in [6.45, 7) is 5.85. The van der Waals surface area contributed by atoms with Gasteiger partial charge in [-0.25, -0.2) is 12.8 Å². The third kappa shape index (κ3) is 4.59. The van der Waals surface area contributed by atoms with E-state index in [1.165, 1.54) is 30.5 Å². The Morgan fingerprint density at radius 2 is 1.85 bits per heavy atom. The standard InChI is InChI=1S/C24H30FN3O5S/c1-24(2,3)16-10-14(8-9-17(16)27(4)34(7,30)31)18(29)13-28-12-15-11-19(32-5)22(33-6)21(25)20(15)23(28)26/h8-11,26H,12-13H2,1-7H3. The maximum Gasteiger partial charge on any atom is 0.232 e. The number of amidine groups is 1. The Balaban J connectivity index is 1.93.